The van der Waals surface area contributed by atoms with Crippen molar-refractivity contribution in [2.75, 3.05) is 39.8 Å². The summed E-state index contributed by atoms with van der Waals surface area (Å²) >= 11 is 0. The number of amides is 1. The van der Waals surface area contributed by atoms with Crippen LogP contribution in [0.4, 0.5) is 0 Å². The van der Waals surface area contributed by atoms with E-state index in [-0.39, 0.29) is 5.91 Å². The second-order valence-corrected chi connectivity index (χ2v) is 7.59. The molecule has 1 saturated heterocycles. The van der Waals surface area contributed by atoms with Crippen LogP contribution in [0, 0.1) is 5.92 Å². The summed E-state index contributed by atoms with van der Waals surface area (Å²) in [5.74, 6) is 1.52. The normalized spacial score (nSPS) is 17.5. The fourth-order valence-electron chi connectivity index (χ4n) is 4.03. The maximum absolute atomic E-state index is 12.8. The number of rotatable bonds is 8. The number of ether oxygens (including phenoxy) is 1. The van der Waals surface area contributed by atoms with Crippen LogP contribution in [-0.4, -0.2) is 65.3 Å². The molecule has 1 aromatic heterocycles. The van der Waals surface area contributed by atoms with Gasteiger partial charge in [0.1, 0.15) is 11.4 Å². The highest BCUT2D eigenvalue weighted by molar-refractivity contribution is 5.92. The molecule has 0 bridgehead atoms. The Morgan fingerprint density at radius 2 is 2.21 bits per heavy atom. The number of hydrogen-bond donors (Lipinski definition) is 0. The van der Waals surface area contributed by atoms with Crippen molar-refractivity contribution in [3.8, 4) is 5.75 Å². The first-order valence-corrected chi connectivity index (χ1v) is 10.2. The number of benzene rings is 1. The van der Waals surface area contributed by atoms with E-state index in [0.717, 1.165) is 44.9 Å². The maximum Gasteiger partial charge on any atom is 0.272 e. The second kappa shape index (κ2) is 9.73. The Balaban J connectivity index is 1.53. The number of aromatic nitrogens is 2. The molecule has 0 saturated carbocycles. The van der Waals surface area contributed by atoms with E-state index in [1.54, 1.807) is 24.1 Å². The van der Waals surface area contributed by atoms with E-state index >= 15 is 0 Å². The number of carbonyl (C=O) groups is 1. The molecule has 6 nitrogen and oxygen atoms in total. The summed E-state index contributed by atoms with van der Waals surface area (Å²) < 4.78 is 6.98. The molecule has 0 spiro atoms. The van der Waals surface area contributed by atoms with Crippen LogP contribution in [0.15, 0.2) is 36.5 Å². The minimum Gasteiger partial charge on any atom is -0.497 e. The number of piperidine rings is 1. The Labute approximate surface area is 168 Å². The van der Waals surface area contributed by atoms with Crippen LogP contribution in [-0.2, 0) is 13.5 Å². The molecular formula is C22H32N4O2. The van der Waals surface area contributed by atoms with Gasteiger partial charge in [-0.3, -0.25) is 9.48 Å². The third-order valence-electron chi connectivity index (χ3n) is 5.64. The molecule has 1 aliphatic heterocycles. The van der Waals surface area contributed by atoms with Gasteiger partial charge in [-0.05, 0) is 62.4 Å². The van der Waals surface area contributed by atoms with Gasteiger partial charge in [-0.25, -0.2) is 0 Å². The van der Waals surface area contributed by atoms with Crippen molar-refractivity contribution in [1.29, 1.82) is 0 Å². The van der Waals surface area contributed by atoms with Gasteiger partial charge >= 0.3 is 0 Å². The monoisotopic (exact) mass is 384 g/mol. The molecule has 1 aliphatic rings. The summed E-state index contributed by atoms with van der Waals surface area (Å²) in [7, 11) is 3.53. The fraction of sp³-hybridized carbons (Fsp3) is 0.545. The minimum atomic E-state index is 0.0796. The first kappa shape index (κ1) is 20.4. The Morgan fingerprint density at radius 3 is 2.93 bits per heavy atom. The molecule has 3 rings (SSSR count). The standard InChI is InChI=1S/C22H32N4O2/c1-4-26(22(27)21-10-12-23-24(21)2)17-19-8-6-13-25(16-19)14-11-18-7-5-9-20(15-18)28-3/h5,7,9-10,12,15,19H,4,6,8,11,13-14,16-17H2,1-3H3. The van der Waals surface area contributed by atoms with Gasteiger partial charge in [0, 0.05) is 39.4 Å². The highest BCUT2D eigenvalue weighted by Crippen LogP contribution is 2.20. The van der Waals surface area contributed by atoms with Gasteiger partial charge in [-0.15, -0.1) is 0 Å². The van der Waals surface area contributed by atoms with E-state index in [1.165, 1.54) is 18.4 Å². The Kier molecular flexibility index (Phi) is 7.09. The van der Waals surface area contributed by atoms with Crippen LogP contribution in [0.2, 0.25) is 0 Å². The van der Waals surface area contributed by atoms with E-state index in [9.17, 15) is 4.79 Å². The predicted octanol–water partition coefficient (Wildman–Crippen LogP) is 2.85. The molecule has 0 aliphatic carbocycles. The van der Waals surface area contributed by atoms with Crippen molar-refractivity contribution in [2.45, 2.75) is 26.2 Å². The van der Waals surface area contributed by atoms with Crippen LogP contribution in [0.25, 0.3) is 0 Å². The van der Waals surface area contributed by atoms with Gasteiger partial charge in [0.05, 0.1) is 7.11 Å². The lowest BCUT2D eigenvalue weighted by atomic mass is 9.96. The second-order valence-electron chi connectivity index (χ2n) is 7.59. The van der Waals surface area contributed by atoms with Gasteiger partial charge in [-0.2, -0.15) is 5.10 Å². The summed E-state index contributed by atoms with van der Waals surface area (Å²) in [5, 5.41) is 4.13. The van der Waals surface area contributed by atoms with E-state index in [2.05, 4.69) is 35.1 Å². The molecule has 1 unspecified atom stereocenters. The molecule has 152 valence electrons. The van der Waals surface area contributed by atoms with Crippen LogP contribution < -0.4 is 4.74 Å². The molecule has 1 aromatic carbocycles. The zero-order valence-electron chi connectivity index (χ0n) is 17.3. The summed E-state index contributed by atoms with van der Waals surface area (Å²) in [4.78, 5) is 17.3. The largest absolute Gasteiger partial charge is 0.497 e. The van der Waals surface area contributed by atoms with Gasteiger partial charge in [0.2, 0.25) is 0 Å². The zero-order chi connectivity index (χ0) is 19.9. The lowest BCUT2D eigenvalue weighted by Crippen LogP contribution is -2.43. The number of likely N-dealkylation sites (tertiary alicyclic amines) is 1. The quantitative estimate of drug-likeness (QED) is 0.702. The predicted molar refractivity (Wildman–Crippen MR) is 111 cm³/mol. The van der Waals surface area contributed by atoms with E-state index in [0.29, 0.717) is 11.6 Å². The average molecular weight is 385 g/mol. The Morgan fingerprint density at radius 1 is 1.36 bits per heavy atom. The number of hydrogen-bond acceptors (Lipinski definition) is 4. The Bertz CT molecular complexity index is 773. The average Bonchev–Trinajstić information content (AvgIpc) is 3.16. The highest BCUT2D eigenvalue weighted by atomic mass is 16.5. The maximum atomic E-state index is 12.8. The summed E-state index contributed by atoms with van der Waals surface area (Å²) in [5.41, 5.74) is 1.97. The van der Waals surface area contributed by atoms with Crippen molar-refractivity contribution >= 4 is 5.91 Å². The first-order valence-electron chi connectivity index (χ1n) is 10.2. The summed E-state index contributed by atoms with van der Waals surface area (Å²) in [6.07, 6.45) is 5.09. The molecule has 1 fully saturated rings. The molecule has 2 heterocycles. The molecule has 28 heavy (non-hydrogen) atoms. The van der Waals surface area contributed by atoms with E-state index < -0.39 is 0 Å². The van der Waals surface area contributed by atoms with Crippen molar-refractivity contribution in [2.24, 2.45) is 13.0 Å². The number of methoxy groups -OCH3 is 1. The third kappa shape index (κ3) is 5.13. The van der Waals surface area contributed by atoms with Crippen molar-refractivity contribution in [3.63, 3.8) is 0 Å². The molecule has 6 heteroatoms. The smallest absolute Gasteiger partial charge is 0.272 e. The lowest BCUT2D eigenvalue weighted by Gasteiger charge is -2.35. The lowest BCUT2D eigenvalue weighted by molar-refractivity contribution is 0.0680. The van der Waals surface area contributed by atoms with Crippen LogP contribution in [0.3, 0.4) is 0 Å². The molecule has 1 amide bonds. The number of aryl methyl sites for hydroxylation is 1. The number of nitrogens with zero attached hydrogens (tertiary/aromatic N) is 4. The highest BCUT2D eigenvalue weighted by Gasteiger charge is 2.25. The molecule has 0 radical (unpaired) electrons. The van der Waals surface area contributed by atoms with E-state index in [1.807, 2.05) is 18.0 Å². The van der Waals surface area contributed by atoms with E-state index in [4.69, 9.17) is 4.74 Å². The SMILES string of the molecule is CCN(CC1CCCN(CCc2cccc(OC)c2)C1)C(=O)c1ccnn1C. The van der Waals surface area contributed by atoms with Crippen molar-refractivity contribution in [1.82, 2.24) is 19.6 Å². The molecular weight excluding hydrogens is 352 g/mol. The molecule has 2 aromatic rings. The number of carbonyl (C=O) groups excluding carboxylic acids is 1. The summed E-state index contributed by atoms with van der Waals surface area (Å²) in [6, 6.07) is 10.1. The summed E-state index contributed by atoms with van der Waals surface area (Å²) in [6.45, 7) is 6.84. The molecule has 1 atom stereocenters. The van der Waals surface area contributed by atoms with Crippen LogP contribution in [0.1, 0.15) is 35.8 Å². The van der Waals surface area contributed by atoms with Crippen molar-refractivity contribution in [3.05, 3.63) is 47.8 Å². The van der Waals surface area contributed by atoms with Gasteiger partial charge in [-0.1, -0.05) is 12.1 Å². The fourth-order valence-corrected chi connectivity index (χ4v) is 4.03. The Hall–Kier alpha value is -2.34. The van der Waals surface area contributed by atoms with Gasteiger partial charge < -0.3 is 14.5 Å². The topological polar surface area (TPSA) is 50.6 Å². The minimum absolute atomic E-state index is 0.0796. The van der Waals surface area contributed by atoms with Crippen LogP contribution in [0.5, 0.6) is 5.75 Å². The molecule has 0 N–H and O–H groups in total. The third-order valence-corrected chi connectivity index (χ3v) is 5.64. The first-order chi connectivity index (χ1) is 13.6. The zero-order valence-corrected chi connectivity index (χ0v) is 17.3. The van der Waals surface area contributed by atoms with Gasteiger partial charge in [0.25, 0.3) is 5.91 Å². The van der Waals surface area contributed by atoms with Gasteiger partial charge in [0.15, 0.2) is 0 Å². The van der Waals surface area contributed by atoms with Crippen LogP contribution >= 0.6 is 0 Å². The van der Waals surface area contributed by atoms with Crippen molar-refractivity contribution < 1.29 is 9.53 Å².